The summed E-state index contributed by atoms with van der Waals surface area (Å²) >= 11 is 17.2. The van der Waals surface area contributed by atoms with Crippen molar-refractivity contribution in [2.24, 2.45) is 0 Å². The van der Waals surface area contributed by atoms with Gasteiger partial charge in [-0.1, -0.05) is 29.3 Å². The van der Waals surface area contributed by atoms with E-state index in [1.54, 1.807) is 36.4 Å². The van der Waals surface area contributed by atoms with E-state index in [0.717, 1.165) is 16.6 Å². The van der Waals surface area contributed by atoms with Crippen LogP contribution in [0.15, 0.2) is 59.0 Å². The molecule has 0 radical (unpaired) electrons. The van der Waals surface area contributed by atoms with Crippen molar-refractivity contribution in [2.75, 3.05) is 5.32 Å². The second-order valence-corrected chi connectivity index (χ2v) is 8.85. The number of carbonyl (C=O) groups excluding carboxylic acids is 1. The van der Waals surface area contributed by atoms with Crippen molar-refractivity contribution in [3.05, 3.63) is 81.3 Å². The van der Waals surface area contributed by atoms with Crippen molar-refractivity contribution in [3.8, 4) is 17.2 Å². The first-order valence-electron chi connectivity index (χ1n) is 10.2. The second kappa shape index (κ2) is 9.85. The van der Waals surface area contributed by atoms with Crippen molar-refractivity contribution in [3.63, 3.8) is 0 Å². The fourth-order valence-corrected chi connectivity index (χ4v) is 3.89. The molecule has 172 valence electrons. The van der Waals surface area contributed by atoms with Crippen LogP contribution in [0.5, 0.6) is 5.75 Å². The van der Waals surface area contributed by atoms with Gasteiger partial charge in [0, 0.05) is 27.9 Å². The zero-order chi connectivity index (χ0) is 24.4. The maximum Gasteiger partial charge on any atom is 0.250 e. The molecule has 34 heavy (non-hydrogen) atoms. The predicted octanol–water partition coefficient (Wildman–Crippen LogP) is 6.65. The number of nitrogens with one attached hydrogen (secondary N) is 2. The van der Waals surface area contributed by atoms with Gasteiger partial charge in [0.25, 0.3) is 0 Å². The van der Waals surface area contributed by atoms with E-state index < -0.39 is 5.91 Å². The van der Waals surface area contributed by atoms with Crippen molar-refractivity contribution >= 4 is 69.3 Å². The van der Waals surface area contributed by atoms with Crippen molar-refractivity contribution in [1.29, 1.82) is 0 Å². The number of rotatable bonds is 4. The van der Waals surface area contributed by atoms with Crippen LogP contribution in [0, 0.1) is 13.8 Å². The van der Waals surface area contributed by atoms with E-state index in [9.17, 15) is 9.90 Å². The average Bonchev–Trinajstić information content (AvgIpc) is 3.15. The Hall–Kier alpha value is -3.39. The lowest BCUT2D eigenvalue weighted by atomic mass is 10.1. The van der Waals surface area contributed by atoms with Crippen LogP contribution in [0.4, 0.5) is 5.69 Å². The number of carbonyl (C=O) groups is 1. The monoisotopic (exact) mass is 511 g/mol. The molecule has 0 saturated heterocycles. The van der Waals surface area contributed by atoms with Gasteiger partial charge >= 0.3 is 0 Å². The van der Waals surface area contributed by atoms with Gasteiger partial charge in [-0.2, -0.15) is 0 Å². The number of aryl methyl sites for hydroxylation is 2. The van der Waals surface area contributed by atoms with Gasteiger partial charge in [-0.15, -0.1) is 0 Å². The van der Waals surface area contributed by atoms with Crippen LogP contribution in [-0.4, -0.2) is 21.1 Å². The molecule has 0 unspecified atom stereocenters. The number of phenolic OH excluding ortho intramolecular Hbond substituents is 1. The van der Waals surface area contributed by atoms with Crippen molar-refractivity contribution in [2.45, 2.75) is 13.8 Å². The van der Waals surface area contributed by atoms with Crippen LogP contribution in [0.25, 0.3) is 28.6 Å². The Morgan fingerprint density at radius 2 is 1.85 bits per heavy atom. The standard InChI is InChI=1S/C25H19Cl2N3O3S/c1-13-9-20-22(10-14(13)2)33-24(29-20)18-7-6-17(12-21(18)31)28-25(34)30-23(32)8-4-15-3-5-16(26)11-19(15)27/h3-12,31H,1-2H3,(H2,28,30,32,34)/b8-4+. The number of hydrogen-bond donors (Lipinski definition) is 3. The maximum atomic E-state index is 12.2. The first kappa shape index (κ1) is 23.8. The normalized spacial score (nSPS) is 11.2. The summed E-state index contributed by atoms with van der Waals surface area (Å²) in [6, 6.07) is 13.7. The van der Waals surface area contributed by atoms with Gasteiger partial charge in [0.2, 0.25) is 11.8 Å². The molecule has 0 spiro atoms. The van der Waals surface area contributed by atoms with Gasteiger partial charge in [-0.25, -0.2) is 4.98 Å². The molecule has 0 fully saturated rings. The number of amides is 1. The molecule has 0 atom stereocenters. The summed E-state index contributed by atoms with van der Waals surface area (Å²) in [5.41, 5.74) is 5.14. The van der Waals surface area contributed by atoms with Crippen LogP contribution >= 0.6 is 35.4 Å². The molecule has 1 heterocycles. The van der Waals surface area contributed by atoms with Gasteiger partial charge in [0.1, 0.15) is 11.3 Å². The molecule has 6 nitrogen and oxygen atoms in total. The molecule has 0 aliphatic carbocycles. The fraction of sp³-hybridized carbons (Fsp3) is 0.0800. The predicted molar refractivity (Wildman–Crippen MR) is 140 cm³/mol. The molecule has 0 saturated carbocycles. The Morgan fingerprint density at radius 3 is 2.59 bits per heavy atom. The minimum atomic E-state index is -0.443. The smallest absolute Gasteiger partial charge is 0.250 e. The van der Waals surface area contributed by atoms with Gasteiger partial charge in [0.05, 0.1) is 5.56 Å². The summed E-state index contributed by atoms with van der Waals surface area (Å²) in [4.78, 5) is 16.6. The van der Waals surface area contributed by atoms with E-state index in [0.29, 0.717) is 38.3 Å². The Labute approximate surface area is 211 Å². The molecule has 9 heteroatoms. The van der Waals surface area contributed by atoms with Crippen LogP contribution in [0.3, 0.4) is 0 Å². The average molecular weight is 512 g/mol. The zero-order valence-electron chi connectivity index (χ0n) is 18.1. The maximum absolute atomic E-state index is 12.2. The Bertz CT molecular complexity index is 1420. The summed E-state index contributed by atoms with van der Waals surface area (Å²) in [6.45, 7) is 4.00. The summed E-state index contributed by atoms with van der Waals surface area (Å²) in [5.74, 6) is -0.177. The Balaban J connectivity index is 1.42. The molecule has 0 bridgehead atoms. The first-order chi connectivity index (χ1) is 16.2. The minimum absolute atomic E-state index is 0.0450. The first-order valence-corrected chi connectivity index (χ1v) is 11.3. The van der Waals surface area contributed by atoms with Gasteiger partial charge in [-0.3, -0.25) is 10.1 Å². The fourth-order valence-electron chi connectivity index (χ4n) is 3.20. The van der Waals surface area contributed by atoms with Crippen LogP contribution < -0.4 is 10.6 Å². The molecule has 0 aliphatic rings. The topological polar surface area (TPSA) is 87.4 Å². The van der Waals surface area contributed by atoms with Gasteiger partial charge in [0.15, 0.2) is 10.7 Å². The quantitative estimate of drug-likeness (QED) is 0.210. The highest BCUT2D eigenvalue weighted by atomic mass is 35.5. The SMILES string of the molecule is Cc1cc2nc(-c3ccc(NC(=S)NC(=O)/C=C/c4ccc(Cl)cc4Cl)cc3O)oc2cc1C. The van der Waals surface area contributed by atoms with E-state index in [2.05, 4.69) is 15.6 Å². The Kier molecular flexibility index (Phi) is 6.88. The number of anilines is 1. The lowest BCUT2D eigenvalue weighted by Crippen LogP contribution is -2.32. The van der Waals surface area contributed by atoms with E-state index in [1.165, 1.54) is 12.1 Å². The number of halogens is 2. The number of benzene rings is 3. The third-order valence-corrected chi connectivity index (χ3v) is 5.87. The molecular formula is C25H19Cl2N3O3S. The number of phenols is 1. The zero-order valence-corrected chi connectivity index (χ0v) is 20.5. The van der Waals surface area contributed by atoms with Crippen molar-refractivity contribution < 1.29 is 14.3 Å². The molecule has 3 aromatic carbocycles. The third kappa shape index (κ3) is 5.39. The van der Waals surface area contributed by atoms with Crippen LogP contribution in [0.1, 0.15) is 16.7 Å². The number of oxazole rings is 1. The number of aromatic nitrogens is 1. The largest absolute Gasteiger partial charge is 0.507 e. The molecule has 1 amide bonds. The molecule has 4 rings (SSSR count). The lowest BCUT2D eigenvalue weighted by molar-refractivity contribution is -0.115. The number of hydrogen-bond acceptors (Lipinski definition) is 5. The van der Waals surface area contributed by atoms with E-state index in [-0.39, 0.29) is 10.9 Å². The minimum Gasteiger partial charge on any atom is -0.507 e. The Morgan fingerprint density at radius 1 is 1.09 bits per heavy atom. The molecule has 1 aromatic heterocycles. The highest BCUT2D eigenvalue weighted by Crippen LogP contribution is 2.33. The number of nitrogens with zero attached hydrogens (tertiary/aromatic N) is 1. The lowest BCUT2D eigenvalue weighted by Gasteiger charge is -2.09. The molecule has 4 aromatic rings. The molecule has 3 N–H and O–H groups in total. The number of aromatic hydroxyl groups is 1. The second-order valence-electron chi connectivity index (χ2n) is 7.60. The van der Waals surface area contributed by atoms with Gasteiger partial charge in [-0.05, 0) is 85.2 Å². The van der Waals surface area contributed by atoms with E-state index >= 15 is 0 Å². The summed E-state index contributed by atoms with van der Waals surface area (Å²) < 4.78 is 5.82. The van der Waals surface area contributed by atoms with Crippen LogP contribution in [0.2, 0.25) is 10.0 Å². The number of thiocarbonyl (C=S) groups is 1. The highest BCUT2D eigenvalue weighted by Gasteiger charge is 2.14. The summed E-state index contributed by atoms with van der Waals surface area (Å²) in [7, 11) is 0. The molecular weight excluding hydrogens is 493 g/mol. The van der Waals surface area contributed by atoms with E-state index in [1.807, 2.05) is 26.0 Å². The number of fused-ring (bicyclic) bond motifs is 1. The van der Waals surface area contributed by atoms with Gasteiger partial charge < -0.3 is 14.8 Å². The van der Waals surface area contributed by atoms with Crippen LogP contribution in [-0.2, 0) is 4.79 Å². The summed E-state index contributed by atoms with van der Waals surface area (Å²) in [6.07, 6.45) is 2.86. The van der Waals surface area contributed by atoms with Crippen molar-refractivity contribution in [1.82, 2.24) is 10.3 Å². The molecule has 0 aliphatic heterocycles. The third-order valence-electron chi connectivity index (χ3n) is 5.10. The summed E-state index contributed by atoms with van der Waals surface area (Å²) in [5, 5.41) is 16.9. The highest BCUT2D eigenvalue weighted by molar-refractivity contribution is 7.80. The van der Waals surface area contributed by atoms with E-state index in [4.69, 9.17) is 39.8 Å².